The summed E-state index contributed by atoms with van der Waals surface area (Å²) in [5.74, 6) is 0.871. The number of aryl methyl sites for hydroxylation is 1. The second-order valence-corrected chi connectivity index (χ2v) is 6.93. The Morgan fingerprint density at radius 2 is 1.91 bits per heavy atom. The van der Waals surface area contributed by atoms with Crippen molar-refractivity contribution in [3.05, 3.63) is 35.9 Å². The number of rotatable bonds is 6. The summed E-state index contributed by atoms with van der Waals surface area (Å²) in [6, 6.07) is 10.7. The number of hydrogen-bond acceptors (Lipinski definition) is 2. The van der Waals surface area contributed by atoms with Crippen molar-refractivity contribution in [1.82, 2.24) is 4.90 Å². The molecule has 0 spiro atoms. The fourth-order valence-corrected chi connectivity index (χ4v) is 3.43. The Labute approximate surface area is 134 Å². The lowest BCUT2D eigenvalue weighted by Crippen LogP contribution is -2.54. The average Bonchev–Trinajstić information content (AvgIpc) is 2.54. The van der Waals surface area contributed by atoms with Crippen LogP contribution in [0.3, 0.4) is 0 Å². The largest absolute Gasteiger partial charge is 0.341 e. The monoisotopic (exact) mass is 302 g/mol. The summed E-state index contributed by atoms with van der Waals surface area (Å²) < 4.78 is 0. The lowest BCUT2D eigenvalue weighted by Gasteiger charge is -2.37. The summed E-state index contributed by atoms with van der Waals surface area (Å²) in [7, 11) is 0. The maximum absolute atomic E-state index is 12.5. The van der Waals surface area contributed by atoms with E-state index in [-0.39, 0.29) is 5.91 Å². The zero-order valence-corrected chi connectivity index (χ0v) is 14.1. The van der Waals surface area contributed by atoms with Gasteiger partial charge in [0.1, 0.15) is 0 Å². The summed E-state index contributed by atoms with van der Waals surface area (Å²) in [6.45, 7) is 5.69. The van der Waals surface area contributed by atoms with Crippen molar-refractivity contribution in [3.63, 3.8) is 0 Å². The molecule has 1 atom stereocenters. The van der Waals surface area contributed by atoms with Crippen LogP contribution in [0.25, 0.3) is 0 Å². The normalized spacial score (nSPS) is 19.0. The van der Waals surface area contributed by atoms with Crippen LogP contribution in [0.15, 0.2) is 30.3 Å². The van der Waals surface area contributed by atoms with Gasteiger partial charge in [0.15, 0.2) is 0 Å². The van der Waals surface area contributed by atoms with Crippen LogP contribution in [-0.2, 0) is 11.2 Å². The molecule has 1 unspecified atom stereocenters. The Bertz CT molecular complexity index is 462. The summed E-state index contributed by atoms with van der Waals surface area (Å²) in [5, 5.41) is 0. The molecule has 1 aromatic rings. The SMILES string of the molecule is CCCC(C)(N)C(=O)N1CCC(CCc2ccccc2)CC1. The van der Waals surface area contributed by atoms with E-state index in [2.05, 4.69) is 37.3 Å². The first-order valence-corrected chi connectivity index (χ1v) is 8.65. The van der Waals surface area contributed by atoms with Crippen molar-refractivity contribution in [1.29, 1.82) is 0 Å². The number of carbonyl (C=O) groups is 1. The molecule has 1 aromatic carbocycles. The van der Waals surface area contributed by atoms with E-state index in [0.29, 0.717) is 0 Å². The third-order valence-corrected chi connectivity index (χ3v) is 4.84. The van der Waals surface area contributed by atoms with Gasteiger partial charge in [-0.25, -0.2) is 0 Å². The predicted octanol–water partition coefficient (Wildman–Crippen LogP) is 3.38. The van der Waals surface area contributed by atoms with Crippen LogP contribution >= 0.6 is 0 Å². The van der Waals surface area contributed by atoms with Crippen LogP contribution in [0.4, 0.5) is 0 Å². The van der Waals surface area contributed by atoms with Gasteiger partial charge in [-0.1, -0.05) is 43.7 Å². The molecule has 0 bridgehead atoms. The first kappa shape index (κ1) is 17.0. The number of benzene rings is 1. The molecule has 3 heteroatoms. The molecule has 0 radical (unpaired) electrons. The first-order chi connectivity index (χ1) is 10.5. The van der Waals surface area contributed by atoms with Gasteiger partial charge < -0.3 is 10.6 Å². The maximum Gasteiger partial charge on any atom is 0.242 e. The Kier molecular flexibility index (Phi) is 6.01. The Hall–Kier alpha value is -1.35. The van der Waals surface area contributed by atoms with Crippen LogP contribution < -0.4 is 5.73 Å². The van der Waals surface area contributed by atoms with Gasteiger partial charge in [0.05, 0.1) is 5.54 Å². The van der Waals surface area contributed by atoms with Crippen molar-refractivity contribution < 1.29 is 4.79 Å². The quantitative estimate of drug-likeness (QED) is 0.875. The third kappa shape index (κ3) is 4.57. The number of amides is 1. The van der Waals surface area contributed by atoms with E-state index < -0.39 is 5.54 Å². The first-order valence-electron chi connectivity index (χ1n) is 8.65. The molecular formula is C19H30N2O. The molecule has 1 amide bonds. The van der Waals surface area contributed by atoms with Gasteiger partial charge in [0.2, 0.25) is 5.91 Å². The van der Waals surface area contributed by atoms with E-state index in [1.54, 1.807) is 0 Å². The molecule has 2 rings (SSSR count). The summed E-state index contributed by atoms with van der Waals surface area (Å²) >= 11 is 0. The zero-order valence-electron chi connectivity index (χ0n) is 14.1. The predicted molar refractivity (Wildman–Crippen MR) is 91.6 cm³/mol. The van der Waals surface area contributed by atoms with E-state index in [1.165, 1.54) is 12.0 Å². The Balaban J connectivity index is 1.77. The fourth-order valence-electron chi connectivity index (χ4n) is 3.43. The van der Waals surface area contributed by atoms with Gasteiger partial charge in [-0.05, 0) is 50.5 Å². The molecule has 0 aliphatic carbocycles. The molecule has 0 aromatic heterocycles. The molecule has 1 saturated heterocycles. The number of carbonyl (C=O) groups excluding carboxylic acids is 1. The van der Waals surface area contributed by atoms with Crippen LogP contribution in [0.5, 0.6) is 0 Å². The van der Waals surface area contributed by atoms with Crippen molar-refractivity contribution in [2.24, 2.45) is 11.7 Å². The van der Waals surface area contributed by atoms with E-state index in [4.69, 9.17) is 5.73 Å². The second-order valence-electron chi connectivity index (χ2n) is 6.93. The van der Waals surface area contributed by atoms with Crippen molar-refractivity contribution in [2.45, 2.75) is 57.9 Å². The third-order valence-electron chi connectivity index (χ3n) is 4.84. The van der Waals surface area contributed by atoms with Gasteiger partial charge >= 0.3 is 0 Å². The lowest BCUT2D eigenvalue weighted by atomic mass is 9.88. The minimum Gasteiger partial charge on any atom is -0.341 e. The van der Waals surface area contributed by atoms with Gasteiger partial charge in [-0.2, -0.15) is 0 Å². The Morgan fingerprint density at radius 1 is 1.27 bits per heavy atom. The highest BCUT2D eigenvalue weighted by atomic mass is 16.2. The molecule has 2 N–H and O–H groups in total. The highest BCUT2D eigenvalue weighted by Crippen LogP contribution is 2.24. The topological polar surface area (TPSA) is 46.3 Å². The van der Waals surface area contributed by atoms with E-state index in [0.717, 1.165) is 51.1 Å². The summed E-state index contributed by atoms with van der Waals surface area (Å²) in [4.78, 5) is 14.5. The molecule has 1 aliphatic rings. The summed E-state index contributed by atoms with van der Waals surface area (Å²) in [6.07, 6.45) is 6.30. The lowest BCUT2D eigenvalue weighted by molar-refractivity contribution is -0.138. The highest BCUT2D eigenvalue weighted by Gasteiger charge is 2.33. The number of likely N-dealkylation sites (tertiary alicyclic amines) is 1. The molecule has 1 fully saturated rings. The second kappa shape index (κ2) is 7.77. The number of nitrogens with two attached hydrogens (primary N) is 1. The van der Waals surface area contributed by atoms with Crippen LogP contribution in [-0.4, -0.2) is 29.4 Å². The molecule has 22 heavy (non-hydrogen) atoms. The van der Waals surface area contributed by atoms with Crippen molar-refractivity contribution in [2.75, 3.05) is 13.1 Å². The number of nitrogens with zero attached hydrogens (tertiary/aromatic N) is 1. The van der Waals surface area contributed by atoms with E-state index in [9.17, 15) is 4.79 Å². The molecular weight excluding hydrogens is 272 g/mol. The van der Waals surface area contributed by atoms with Gasteiger partial charge in [-0.15, -0.1) is 0 Å². The fraction of sp³-hybridized carbons (Fsp3) is 0.632. The smallest absolute Gasteiger partial charge is 0.242 e. The molecule has 0 saturated carbocycles. The minimum atomic E-state index is -0.689. The van der Waals surface area contributed by atoms with Crippen LogP contribution in [0.1, 0.15) is 51.5 Å². The summed E-state index contributed by atoms with van der Waals surface area (Å²) in [5.41, 5.74) is 6.91. The van der Waals surface area contributed by atoms with E-state index in [1.807, 2.05) is 11.8 Å². The average molecular weight is 302 g/mol. The van der Waals surface area contributed by atoms with Gasteiger partial charge in [0.25, 0.3) is 0 Å². The molecule has 122 valence electrons. The number of hydrogen-bond donors (Lipinski definition) is 1. The minimum absolute atomic E-state index is 0.135. The Morgan fingerprint density at radius 3 is 2.50 bits per heavy atom. The highest BCUT2D eigenvalue weighted by molar-refractivity contribution is 5.85. The van der Waals surface area contributed by atoms with Crippen molar-refractivity contribution in [3.8, 4) is 0 Å². The zero-order chi connectivity index (χ0) is 16.0. The number of piperidine rings is 1. The van der Waals surface area contributed by atoms with Gasteiger partial charge in [-0.3, -0.25) is 4.79 Å². The molecule has 3 nitrogen and oxygen atoms in total. The van der Waals surface area contributed by atoms with Crippen LogP contribution in [0.2, 0.25) is 0 Å². The van der Waals surface area contributed by atoms with E-state index >= 15 is 0 Å². The van der Waals surface area contributed by atoms with Crippen LogP contribution in [0, 0.1) is 5.92 Å². The van der Waals surface area contributed by atoms with Gasteiger partial charge in [0, 0.05) is 13.1 Å². The van der Waals surface area contributed by atoms with Crippen molar-refractivity contribution >= 4 is 5.91 Å². The molecule has 1 heterocycles. The standard InChI is InChI=1S/C19H30N2O/c1-3-13-19(2,20)18(22)21-14-11-17(12-15-21)10-9-16-7-5-4-6-8-16/h4-8,17H,3,9-15,20H2,1-2H3. The molecule has 1 aliphatic heterocycles. The maximum atomic E-state index is 12.5.